The highest BCUT2D eigenvalue weighted by atomic mass is 14.3. The quantitative estimate of drug-likeness (QED) is 0.471. The van der Waals surface area contributed by atoms with Crippen molar-refractivity contribution in [2.45, 2.75) is 13.8 Å². The van der Waals surface area contributed by atoms with Gasteiger partial charge in [-0.1, -0.05) is 61.8 Å². The van der Waals surface area contributed by atoms with Crippen LogP contribution in [0.15, 0.2) is 72.9 Å². The number of hydrogen-bond donors (Lipinski definition) is 0. The molecule has 1 rings (SSSR count). The highest BCUT2D eigenvalue weighted by Crippen LogP contribution is 2.33. The van der Waals surface area contributed by atoms with Gasteiger partial charge in [0.1, 0.15) is 0 Å². The van der Waals surface area contributed by atoms with Crippen LogP contribution in [0.5, 0.6) is 0 Å². The van der Waals surface area contributed by atoms with Crippen LogP contribution in [0.2, 0.25) is 0 Å². The van der Waals surface area contributed by atoms with Crippen LogP contribution in [-0.4, -0.2) is 0 Å². The maximum absolute atomic E-state index is 4.19. The van der Waals surface area contributed by atoms with Gasteiger partial charge >= 0.3 is 0 Å². The molecule has 0 aromatic rings. The minimum absolute atomic E-state index is 0.332. The van der Waals surface area contributed by atoms with E-state index in [1.54, 1.807) is 6.08 Å². The molecular weight excluding hydrogens is 192 g/mol. The van der Waals surface area contributed by atoms with Crippen LogP contribution in [0.4, 0.5) is 0 Å². The van der Waals surface area contributed by atoms with Crippen molar-refractivity contribution in [1.29, 1.82) is 0 Å². The van der Waals surface area contributed by atoms with Gasteiger partial charge in [0.25, 0.3) is 0 Å². The smallest absolute Gasteiger partial charge is 0.0118 e. The Balaban J connectivity index is 2.94. The largest absolute Gasteiger partial charge is 0.0995 e. The molecule has 1 aliphatic carbocycles. The van der Waals surface area contributed by atoms with E-state index < -0.39 is 0 Å². The van der Waals surface area contributed by atoms with E-state index in [0.29, 0.717) is 11.8 Å². The zero-order valence-electron chi connectivity index (χ0n) is 10.2. The second kappa shape index (κ2) is 5.50. The highest BCUT2D eigenvalue weighted by Gasteiger charge is 2.22. The Hall–Kier alpha value is -1.56. The fourth-order valence-corrected chi connectivity index (χ4v) is 1.96. The highest BCUT2D eigenvalue weighted by molar-refractivity contribution is 5.39. The third kappa shape index (κ3) is 2.73. The van der Waals surface area contributed by atoms with Crippen molar-refractivity contribution in [3.8, 4) is 0 Å². The molecule has 16 heavy (non-hydrogen) atoms. The summed E-state index contributed by atoms with van der Waals surface area (Å²) in [6.07, 6.45) is 12.4. The molecule has 0 nitrogen and oxygen atoms in total. The molecule has 0 fully saturated rings. The van der Waals surface area contributed by atoms with E-state index >= 15 is 0 Å². The first-order chi connectivity index (χ1) is 7.57. The van der Waals surface area contributed by atoms with Crippen LogP contribution < -0.4 is 0 Å². The molecule has 0 aliphatic heterocycles. The van der Waals surface area contributed by atoms with Crippen molar-refractivity contribution in [1.82, 2.24) is 0 Å². The number of rotatable bonds is 4. The standard InChI is InChI=1S/C16H20/c1-6-9-13(4)14(5)16-11-8-7-10-15(16)12(2)3/h6-11,15-16H,1-2,5H2,3-4H3. The maximum Gasteiger partial charge on any atom is 0.0118 e. The fraction of sp³-hybridized carbons (Fsp3) is 0.250. The Morgan fingerprint density at radius 1 is 1.06 bits per heavy atom. The Morgan fingerprint density at radius 2 is 1.62 bits per heavy atom. The molecule has 0 amide bonds. The van der Waals surface area contributed by atoms with Gasteiger partial charge in [-0.05, 0) is 25.0 Å². The lowest BCUT2D eigenvalue weighted by molar-refractivity contribution is 0.609. The lowest BCUT2D eigenvalue weighted by atomic mass is 9.78. The van der Waals surface area contributed by atoms with Crippen LogP contribution in [-0.2, 0) is 0 Å². The molecule has 0 heterocycles. The second-order valence-electron chi connectivity index (χ2n) is 4.28. The Kier molecular flexibility index (Phi) is 4.30. The lowest BCUT2D eigenvalue weighted by Crippen LogP contribution is -2.16. The molecule has 1 aliphatic rings. The molecule has 2 unspecified atom stereocenters. The van der Waals surface area contributed by atoms with Crippen LogP contribution in [0.25, 0.3) is 0 Å². The average molecular weight is 212 g/mol. The van der Waals surface area contributed by atoms with Crippen LogP contribution in [0.1, 0.15) is 13.8 Å². The molecular formula is C16H20. The predicted molar refractivity (Wildman–Crippen MR) is 73.2 cm³/mol. The average Bonchev–Trinajstić information content (AvgIpc) is 2.28. The van der Waals surface area contributed by atoms with E-state index in [-0.39, 0.29) is 0 Å². The first-order valence-corrected chi connectivity index (χ1v) is 5.56. The Labute approximate surface area is 99.1 Å². The van der Waals surface area contributed by atoms with Crippen molar-refractivity contribution < 1.29 is 0 Å². The zero-order valence-corrected chi connectivity index (χ0v) is 10.2. The normalized spacial score (nSPS) is 24.2. The van der Waals surface area contributed by atoms with E-state index in [2.05, 4.69) is 57.9 Å². The lowest BCUT2D eigenvalue weighted by Gasteiger charge is -2.26. The SMILES string of the molecule is C=CC=C(C)C(=C)C1C=CC=CC1C(=C)C. The summed E-state index contributed by atoms with van der Waals surface area (Å²) >= 11 is 0. The van der Waals surface area contributed by atoms with Crippen molar-refractivity contribution in [3.63, 3.8) is 0 Å². The third-order valence-corrected chi connectivity index (χ3v) is 2.98. The van der Waals surface area contributed by atoms with Gasteiger partial charge in [-0.2, -0.15) is 0 Å². The first kappa shape index (κ1) is 12.5. The van der Waals surface area contributed by atoms with E-state index in [9.17, 15) is 0 Å². The van der Waals surface area contributed by atoms with Crippen molar-refractivity contribution in [2.75, 3.05) is 0 Å². The van der Waals surface area contributed by atoms with Gasteiger partial charge in [0.2, 0.25) is 0 Å². The molecule has 0 bridgehead atoms. The third-order valence-electron chi connectivity index (χ3n) is 2.98. The number of hydrogen-bond acceptors (Lipinski definition) is 0. The molecule has 0 saturated carbocycles. The van der Waals surface area contributed by atoms with E-state index in [1.165, 1.54) is 11.1 Å². The van der Waals surface area contributed by atoms with Crippen molar-refractivity contribution in [3.05, 3.63) is 72.9 Å². The molecule has 84 valence electrons. The van der Waals surface area contributed by atoms with Crippen molar-refractivity contribution >= 4 is 0 Å². The van der Waals surface area contributed by atoms with Gasteiger partial charge in [0, 0.05) is 11.8 Å². The maximum atomic E-state index is 4.19. The summed E-state index contributed by atoms with van der Waals surface area (Å²) in [5.41, 5.74) is 3.51. The minimum atomic E-state index is 0.332. The molecule has 0 aromatic carbocycles. The fourth-order valence-electron chi connectivity index (χ4n) is 1.96. The number of allylic oxidation sites excluding steroid dienone is 9. The molecule has 2 atom stereocenters. The van der Waals surface area contributed by atoms with Crippen LogP contribution in [0.3, 0.4) is 0 Å². The van der Waals surface area contributed by atoms with Gasteiger partial charge < -0.3 is 0 Å². The molecule has 0 N–H and O–H groups in total. The van der Waals surface area contributed by atoms with Crippen LogP contribution >= 0.6 is 0 Å². The predicted octanol–water partition coefficient (Wildman–Crippen LogP) is 4.61. The summed E-state index contributed by atoms with van der Waals surface area (Å²) in [6.45, 7) is 16.1. The van der Waals surface area contributed by atoms with E-state index in [0.717, 1.165) is 5.57 Å². The topological polar surface area (TPSA) is 0 Å². The summed E-state index contributed by atoms with van der Waals surface area (Å²) in [4.78, 5) is 0. The second-order valence-corrected chi connectivity index (χ2v) is 4.28. The Morgan fingerprint density at radius 3 is 2.12 bits per heavy atom. The van der Waals surface area contributed by atoms with Crippen LogP contribution in [0, 0.1) is 11.8 Å². The summed E-state index contributed by atoms with van der Waals surface area (Å²) in [6, 6.07) is 0. The van der Waals surface area contributed by atoms with Crippen molar-refractivity contribution in [2.24, 2.45) is 11.8 Å². The summed E-state index contributed by atoms with van der Waals surface area (Å²) in [5, 5.41) is 0. The van der Waals surface area contributed by atoms with E-state index in [4.69, 9.17) is 0 Å². The molecule has 0 radical (unpaired) electrons. The molecule has 0 heteroatoms. The molecule has 0 spiro atoms. The minimum Gasteiger partial charge on any atom is -0.0995 e. The van der Waals surface area contributed by atoms with Gasteiger partial charge in [0.15, 0.2) is 0 Å². The van der Waals surface area contributed by atoms with Gasteiger partial charge in [-0.25, -0.2) is 0 Å². The van der Waals surface area contributed by atoms with Gasteiger partial charge in [0.05, 0.1) is 0 Å². The van der Waals surface area contributed by atoms with Gasteiger partial charge in [-0.15, -0.1) is 0 Å². The Bertz CT molecular complexity index is 388. The zero-order chi connectivity index (χ0) is 12.1. The summed E-state index contributed by atoms with van der Waals surface area (Å²) < 4.78 is 0. The first-order valence-electron chi connectivity index (χ1n) is 5.56. The monoisotopic (exact) mass is 212 g/mol. The summed E-state index contributed by atoms with van der Waals surface area (Å²) in [5.74, 6) is 0.698. The van der Waals surface area contributed by atoms with E-state index in [1.807, 2.05) is 6.08 Å². The van der Waals surface area contributed by atoms with Gasteiger partial charge in [-0.3, -0.25) is 0 Å². The molecule has 0 aromatic heterocycles. The molecule has 0 saturated heterocycles. The summed E-state index contributed by atoms with van der Waals surface area (Å²) in [7, 11) is 0.